The topological polar surface area (TPSA) is 90.4 Å². The van der Waals surface area contributed by atoms with Crippen molar-refractivity contribution in [3.05, 3.63) is 0 Å². The maximum atomic E-state index is 11.6. The fourth-order valence-electron chi connectivity index (χ4n) is 2.29. The van der Waals surface area contributed by atoms with Gasteiger partial charge in [-0.05, 0) is 39.0 Å². The Hall–Kier alpha value is -0.810. The molecule has 0 aromatic heterocycles. The van der Waals surface area contributed by atoms with Crippen molar-refractivity contribution >= 4 is 6.09 Å². The molecule has 0 aliphatic heterocycles. The average Bonchev–Trinajstić information content (AvgIpc) is 2.25. The molecule has 0 aliphatic rings. The van der Waals surface area contributed by atoms with E-state index in [2.05, 4.69) is 26.1 Å². The largest absolute Gasteiger partial charge is 0.444 e. The number of nitrogens with one attached hydrogen (secondary N) is 1. The lowest BCUT2D eigenvalue weighted by atomic mass is 9.68. The van der Waals surface area contributed by atoms with Gasteiger partial charge >= 0.3 is 6.09 Å². The van der Waals surface area contributed by atoms with E-state index in [9.17, 15) is 4.79 Å². The minimum Gasteiger partial charge on any atom is -0.444 e. The Morgan fingerprint density at radius 3 is 2.10 bits per heavy atom. The van der Waals surface area contributed by atoms with E-state index in [0.717, 1.165) is 12.8 Å². The van der Waals surface area contributed by atoms with Crippen LogP contribution < -0.4 is 16.8 Å². The number of alkyl carbamates (subject to hydrolysis) is 1. The molecule has 0 spiro atoms. The molecule has 1 atom stereocenters. The summed E-state index contributed by atoms with van der Waals surface area (Å²) < 4.78 is 5.20. The van der Waals surface area contributed by atoms with Crippen LogP contribution in [0.3, 0.4) is 0 Å². The third-order valence-electron chi connectivity index (χ3n) is 3.83. The first-order valence-electron chi connectivity index (χ1n) is 7.43. The zero-order chi connectivity index (χ0) is 16.0. The number of hydrogen-bond donors (Lipinski definition) is 3. The molecule has 0 aromatic carbocycles. The van der Waals surface area contributed by atoms with E-state index in [4.69, 9.17) is 16.2 Å². The van der Waals surface area contributed by atoms with Crippen molar-refractivity contribution in [1.82, 2.24) is 5.32 Å². The Labute approximate surface area is 123 Å². The van der Waals surface area contributed by atoms with Crippen LogP contribution in [-0.2, 0) is 4.74 Å². The van der Waals surface area contributed by atoms with Crippen LogP contribution in [0.15, 0.2) is 0 Å². The molecule has 0 aromatic rings. The van der Waals surface area contributed by atoms with Crippen LogP contribution in [0.25, 0.3) is 0 Å². The maximum absolute atomic E-state index is 11.6. The van der Waals surface area contributed by atoms with Gasteiger partial charge in [0.25, 0.3) is 0 Å². The number of rotatable bonds is 7. The zero-order valence-corrected chi connectivity index (χ0v) is 14.0. The van der Waals surface area contributed by atoms with Gasteiger partial charge in [0.15, 0.2) is 0 Å². The summed E-state index contributed by atoms with van der Waals surface area (Å²) in [6.07, 6.45) is 2.29. The zero-order valence-electron chi connectivity index (χ0n) is 14.0. The summed E-state index contributed by atoms with van der Waals surface area (Å²) in [4.78, 5) is 11.6. The smallest absolute Gasteiger partial charge is 0.407 e. The minimum atomic E-state index is -0.488. The molecule has 0 aliphatic carbocycles. The number of nitrogens with two attached hydrogens (primary N) is 2. The van der Waals surface area contributed by atoms with Gasteiger partial charge in [-0.25, -0.2) is 4.79 Å². The Balaban J connectivity index is 4.42. The summed E-state index contributed by atoms with van der Waals surface area (Å²) in [7, 11) is 0. The first-order valence-corrected chi connectivity index (χ1v) is 7.43. The predicted molar refractivity (Wildman–Crippen MR) is 83.5 cm³/mol. The van der Waals surface area contributed by atoms with Crippen molar-refractivity contribution in [1.29, 1.82) is 0 Å². The van der Waals surface area contributed by atoms with Crippen LogP contribution in [0.4, 0.5) is 4.79 Å². The minimum absolute atomic E-state index is 0.0634. The highest BCUT2D eigenvalue weighted by atomic mass is 16.6. The van der Waals surface area contributed by atoms with E-state index in [1.807, 2.05) is 20.8 Å². The number of carbonyl (C=O) groups excluding carboxylic acids is 1. The Kier molecular flexibility index (Phi) is 6.98. The molecule has 0 bridgehead atoms. The van der Waals surface area contributed by atoms with E-state index in [1.54, 1.807) is 0 Å². The highest BCUT2D eigenvalue weighted by Gasteiger charge is 2.39. The number of hydrogen-bond acceptors (Lipinski definition) is 4. The molecular formula is C15H33N3O2. The molecule has 0 rings (SSSR count). The molecule has 0 saturated heterocycles. The lowest BCUT2D eigenvalue weighted by Crippen LogP contribution is -2.59. The van der Waals surface area contributed by atoms with Gasteiger partial charge in [-0.1, -0.05) is 27.2 Å². The Morgan fingerprint density at radius 1 is 1.15 bits per heavy atom. The first kappa shape index (κ1) is 19.2. The molecule has 5 heteroatoms. The van der Waals surface area contributed by atoms with E-state index in [1.165, 1.54) is 0 Å². The van der Waals surface area contributed by atoms with Crippen molar-refractivity contribution in [2.75, 3.05) is 13.1 Å². The van der Waals surface area contributed by atoms with Crippen molar-refractivity contribution in [2.24, 2.45) is 16.9 Å². The number of carbonyl (C=O) groups is 1. The van der Waals surface area contributed by atoms with Gasteiger partial charge in [0.1, 0.15) is 5.60 Å². The normalized spacial score (nSPS) is 15.6. The summed E-state index contributed by atoms with van der Waals surface area (Å²) >= 11 is 0. The molecule has 0 heterocycles. The third-order valence-corrected chi connectivity index (χ3v) is 3.83. The second kappa shape index (κ2) is 7.27. The summed E-state index contributed by atoms with van der Waals surface area (Å²) in [5, 5.41) is 2.75. The number of ether oxygens (including phenoxy) is 1. The second-order valence-electron chi connectivity index (χ2n) is 7.17. The Bertz CT molecular complexity index is 311. The van der Waals surface area contributed by atoms with Crippen LogP contribution in [0.5, 0.6) is 0 Å². The summed E-state index contributed by atoms with van der Waals surface area (Å²) in [6.45, 7) is 12.8. The average molecular weight is 287 g/mol. The van der Waals surface area contributed by atoms with E-state index >= 15 is 0 Å². The first-order chi connectivity index (χ1) is 8.97. The van der Waals surface area contributed by atoms with Crippen molar-refractivity contribution < 1.29 is 9.53 Å². The highest BCUT2D eigenvalue weighted by molar-refractivity contribution is 5.67. The second-order valence-corrected chi connectivity index (χ2v) is 7.17. The molecule has 1 amide bonds. The van der Waals surface area contributed by atoms with E-state index < -0.39 is 17.2 Å². The lowest BCUT2D eigenvalue weighted by Gasteiger charge is -2.43. The van der Waals surface area contributed by atoms with Gasteiger partial charge < -0.3 is 21.5 Å². The fourth-order valence-corrected chi connectivity index (χ4v) is 2.29. The van der Waals surface area contributed by atoms with Crippen LogP contribution in [0.2, 0.25) is 0 Å². The SMILES string of the molecule is CCCC(C)(C)C(N)(CN)CCNC(=O)OC(C)(C)C. The third kappa shape index (κ3) is 6.09. The van der Waals surface area contributed by atoms with Gasteiger partial charge in [-0.15, -0.1) is 0 Å². The van der Waals surface area contributed by atoms with Crippen molar-refractivity contribution in [3.8, 4) is 0 Å². The summed E-state index contributed by atoms with van der Waals surface area (Å²) in [5.41, 5.74) is 11.3. The molecule has 5 nitrogen and oxygen atoms in total. The quantitative estimate of drug-likeness (QED) is 0.670. The maximum Gasteiger partial charge on any atom is 0.407 e. The van der Waals surface area contributed by atoms with Crippen LogP contribution in [0, 0.1) is 5.41 Å². The lowest BCUT2D eigenvalue weighted by molar-refractivity contribution is 0.0514. The van der Waals surface area contributed by atoms with E-state index in [-0.39, 0.29) is 5.41 Å². The fraction of sp³-hybridized carbons (Fsp3) is 0.933. The van der Waals surface area contributed by atoms with Gasteiger partial charge in [0.2, 0.25) is 0 Å². The molecule has 120 valence electrons. The van der Waals surface area contributed by atoms with Gasteiger partial charge in [-0.2, -0.15) is 0 Å². The molecule has 1 unspecified atom stereocenters. The molecule has 0 fully saturated rings. The monoisotopic (exact) mass is 287 g/mol. The molecule has 0 radical (unpaired) electrons. The molecule has 20 heavy (non-hydrogen) atoms. The van der Waals surface area contributed by atoms with Crippen LogP contribution in [0.1, 0.15) is 60.8 Å². The highest BCUT2D eigenvalue weighted by Crippen LogP contribution is 2.35. The van der Waals surface area contributed by atoms with Gasteiger partial charge in [0, 0.05) is 18.6 Å². The van der Waals surface area contributed by atoms with Gasteiger partial charge in [0.05, 0.1) is 0 Å². The summed E-state index contributed by atoms with van der Waals surface area (Å²) in [5.74, 6) is 0. The molecular weight excluding hydrogens is 254 g/mol. The predicted octanol–water partition coefficient (Wildman–Crippen LogP) is 2.38. The van der Waals surface area contributed by atoms with Crippen LogP contribution >= 0.6 is 0 Å². The molecule has 0 saturated carbocycles. The summed E-state index contributed by atoms with van der Waals surface area (Å²) in [6, 6.07) is 0. The van der Waals surface area contributed by atoms with Gasteiger partial charge in [-0.3, -0.25) is 0 Å². The molecule has 5 N–H and O–H groups in total. The standard InChI is InChI=1S/C15H33N3O2/c1-7-8-14(5,6)15(17,11-16)9-10-18-12(19)20-13(2,3)4/h7-11,16-17H2,1-6H3,(H,18,19). The van der Waals surface area contributed by atoms with Crippen LogP contribution in [-0.4, -0.2) is 30.3 Å². The Morgan fingerprint density at radius 2 is 1.70 bits per heavy atom. The van der Waals surface area contributed by atoms with Crippen molar-refractivity contribution in [2.45, 2.75) is 71.9 Å². The number of amides is 1. The van der Waals surface area contributed by atoms with E-state index in [0.29, 0.717) is 19.5 Å². The van der Waals surface area contributed by atoms with Crippen molar-refractivity contribution in [3.63, 3.8) is 0 Å².